The quantitative estimate of drug-likeness (QED) is 0.785. The average Bonchev–Trinajstić information content (AvgIpc) is 2.65. The molecule has 3 heteroatoms. The van der Waals surface area contributed by atoms with Crippen molar-refractivity contribution in [2.45, 2.75) is 78.3 Å². The van der Waals surface area contributed by atoms with Gasteiger partial charge in [-0.25, -0.2) is 0 Å². The van der Waals surface area contributed by atoms with Crippen LogP contribution < -0.4 is 10.6 Å². The summed E-state index contributed by atoms with van der Waals surface area (Å²) >= 11 is 0. The number of hydrogen-bond acceptors (Lipinski definition) is 2. The van der Waals surface area contributed by atoms with Crippen LogP contribution in [0.5, 0.6) is 0 Å². The molecule has 2 rings (SSSR count). The molecule has 2 atom stereocenters. The lowest BCUT2D eigenvalue weighted by Gasteiger charge is -2.30. The molecule has 2 unspecified atom stereocenters. The molecule has 0 spiro atoms. The first-order chi connectivity index (χ1) is 9.34. The van der Waals surface area contributed by atoms with E-state index in [1.54, 1.807) is 0 Å². The molecule has 0 aromatic heterocycles. The van der Waals surface area contributed by atoms with Crippen LogP contribution in [0.4, 0.5) is 0 Å². The van der Waals surface area contributed by atoms with Crippen molar-refractivity contribution in [2.75, 3.05) is 6.54 Å². The summed E-state index contributed by atoms with van der Waals surface area (Å²) in [6.45, 7) is 9.79. The van der Waals surface area contributed by atoms with Crippen molar-refractivity contribution in [1.29, 1.82) is 0 Å². The minimum Gasteiger partial charge on any atom is -0.356 e. The molecular weight excluding hydrogens is 248 g/mol. The molecule has 2 aliphatic rings. The Labute approximate surface area is 124 Å². The highest BCUT2D eigenvalue weighted by atomic mass is 16.1. The summed E-state index contributed by atoms with van der Waals surface area (Å²) in [7, 11) is 0. The van der Waals surface area contributed by atoms with Crippen LogP contribution in [0.2, 0.25) is 0 Å². The van der Waals surface area contributed by atoms with Crippen LogP contribution >= 0.6 is 0 Å². The van der Waals surface area contributed by atoms with E-state index in [0.717, 1.165) is 19.4 Å². The number of piperidine rings is 1. The van der Waals surface area contributed by atoms with Gasteiger partial charge < -0.3 is 10.6 Å². The summed E-state index contributed by atoms with van der Waals surface area (Å²) in [4.78, 5) is 12.1. The van der Waals surface area contributed by atoms with E-state index in [4.69, 9.17) is 0 Å². The zero-order valence-corrected chi connectivity index (χ0v) is 13.7. The van der Waals surface area contributed by atoms with Gasteiger partial charge in [0.2, 0.25) is 5.91 Å². The van der Waals surface area contributed by atoms with Gasteiger partial charge in [-0.1, -0.05) is 27.7 Å². The van der Waals surface area contributed by atoms with Gasteiger partial charge in [-0.3, -0.25) is 4.79 Å². The number of rotatable bonds is 6. The smallest absolute Gasteiger partial charge is 0.220 e. The molecule has 2 fully saturated rings. The lowest BCUT2D eigenvalue weighted by molar-refractivity contribution is -0.122. The number of hydrogen-bond donors (Lipinski definition) is 2. The molecule has 3 nitrogen and oxygen atoms in total. The summed E-state index contributed by atoms with van der Waals surface area (Å²) < 4.78 is 0. The maximum atomic E-state index is 12.1. The molecule has 2 aliphatic heterocycles. The van der Waals surface area contributed by atoms with Crippen molar-refractivity contribution in [3.05, 3.63) is 0 Å². The molecule has 0 saturated carbocycles. The SMILES string of the molecule is CC(C)CC(C)(C)CNC(=O)CC1CC2CCC(C1)N2. The third-order valence-corrected chi connectivity index (χ3v) is 4.77. The highest BCUT2D eigenvalue weighted by Gasteiger charge is 2.34. The fourth-order valence-electron chi connectivity index (χ4n) is 4.19. The number of fused-ring (bicyclic) bond motifs is 2. The average molecular weight is 280 g/mol. The van der Waals surface area contributed by atoms with Gasteiger partial charge in [0, 0.05) is 25.0 Å². The second kappa shape index (κ2) is 6.46. The predicted molar refractivity (Wildman–Crippen MR) is 83.5 cm³/mol. The lowest BCUT2D eigenvalue weighted by Crippen LogP contribution is -2.41. The molecule has 116 valence electrons. The van der Waals surface area contributed by atoms with Gasteiger partial charge in [0.05, 0.1) is 0 Å². The van der Waals surface area contributed by atoms with E-state index in [2.05, 4.69) is 38.3 Å². The minimum absolute atomic E-state index is 0.205. The fraction of sp³-hybridized carbons (Fsp3) is 0.941. The Kier molecular flexibility index (Phi) is 5.11. The number of amides is 1. The molecule has 0 aliphatic carbocycles. The maximum Gasteiger partial charge on any atom is 0.220 e. The molecular formula is C17H32N2O. The zero-order chi connectivity index (χ0) is 14.8. The van der Waals surface area contributed by atoms with Crippen LogP contribution in [0.1, 0.15) is 66.2 Å². The van der Waals surface area contributed by atoms with Crippen molar-refractivity contribution >= 4 is 5.91 Å². The second-order valence-electron chi connectivity index (χ2n) is 8.22. The minimum atomic E-state index is 0.205. The van der Waals surface area contributed by atoms with Crippen molar-refractivity contribution in [2.24, 2.45) is 17.3 Å². The molecule has 2 saturated heterocycles. The molecule has 20 heavy (non-hydrogen) atoms. The van der Waals surface area contributed by atoms with Gasteiger partial charge in [-0.15, -0.1) is 0 Å². The van der Waals surface area contributed by atoms with Gasteiger partial charge in [0.25, 0.3) is 0 Å². The Hall–Kier alpha value is -0.570. The molecule has 0 aromatic carbocycles. The van der Waals surface area contributed by atoms with Crippen LogP contribution in [0.15, 0.2) is 0 Å². The van der Waals surface area contributed by atoms with Crippen LogP contribution in [-0.4, -0.2) is 24.5 Å². The van der Waals surface area contributed by atoms with Crippen LogP contribution in [0.3, 0.4) is 0 Å². The lowest BCUT2D eigenvalue weighted by atomic mass is 9.83. The van der Waals surface area contributed by atoms with Gasteiger partial charge in [-0.2, -0.15) is 0 Å². The van der Waals surface area contributed by atoms with E-state index >= 15 is 0 Å². The van der Waals surface area contributed by atoms with Gasteiger partial charge in [-0.05, 0) is 49.4 Å². The Morgan fingerprint density at radius 1 is 1.25 bits per heavy atom. The number of carbonyl (C=O) groups is 1. The monoisotopic (exact) mass is 280 g/mol. The van der Waals surface area contributed by atoms with Crippen molar-refractivity contribution in [3.63, 3.8) is 0 Å². The van der Waals surface area contributed by atoms with E-state index in [9.17, 15) is 4.79 Å². The Morgan fingerprint density at radius 2 is 1.85 bits per heavy atom. The molecule has 1 amide bonds. The van der Waals surface area contributed by atoms with Crippen molar-refractivity contribution in [3.8, 4) is 0 Å². The third kappa shape index (κ3) is 4.76. The van der Waals surface area contributed by atoms with E-state index in [1.165, 1.54) is 25.7 Å². The Bertz CT molecular complexity index is 326. The topological polar surface area (TPSA) is 41.1 Å². The van der Waals surface area contributed by atoms with E-state index in [0.29, 0.717) is 23.9 Å². The van der Waals surface area contributed by atoms with E-state index in [-0.39, 0.29) is 11.3 Å². The second-order valence-corrected chi connectivity index (χ2v) is 8.22. The first-order valence-electron chi connectivity index (χ1n) is 8.37. The van der Waals surface area contributed by atoms with Gasteiger partial charge in [0.1, 0.15) is 0 Å². The summed E-state index contributed by atoms with van der Waals surface area (Å²) in [5, 5.41) is 6.81. The molecule has 2 bridgehead atoms. The highest BCUT2D eigenvalue weighted by Crippen LogP contribution is 2.32. The number of carbonyl (C=O) groups excluding carboxylic acids is 1. The molecule has 0 radical (unpaired) electrons. The van der Waals surface area contributed by atoms with Gasteiger partial charge in [0.15, 0.2) is 0 Å². The maximum absolute atomic E-state index is 12.1. The van der Waals surface area contributed by atoms with Crippen molar-refractivity contribution < 1.29 is 4.79 Å². The standard InChI is InChI=1S/C17H32N2O/c1-12(2)10-17(3,4)11-18-16(20)9-13-7-14-5-6-15(8-13)19-14/h12-15,19H,5-11H2,1-4H3,(H,18,20). The fourth-order valence-corrected chi connectivity index (χ4v) is 4.19. The highest BCUT2D eigenvalue weighted by molar-refractivity contribution is 5.76. The van der Waals surface area contributed by atoms with Crippen molar-refractivity contribution in [1.82, 2.24) is 10.6 Å². The van der Waals surface area contributed by atoms with Crippen LogP contribution in [-0.2, 0) is 4.79 Å². The summed E-state index contributed by atoms with van der Waals surface area (Å²) in [5.41, 5.74) is 0.205. The normalized spacial score (nSPS) is 29.8. The predicted octanol–water partition coefficient (Wildman–Crippen LogP) is 3.10. The van der Waals surface area contributed by atoms with E-state index in [1.807, 2.05) is 0 Å². The van der Waals surface area contributed by atoms with Crippen LogP contribution in [0, 0.1) is 17.3 Å². The zero-order valence-electron chi connectivity index (χ0n) is 13.7. The van der Waals surface area contributed by atoms with Crippen LogP contribution in [0.25, 0.3) is 0 Å². The number of nitrogens with one attached hydrogen (secondary N) is 2. The largest absolute Gasteiger partial charge is 0.356 e. The summed E-state index contributed by atoms with van der Waals surface area (Å²) in [6, 6.07) is 1.37. The molecule has 2 heterocycles. The van der Waals surface area contributed by atoms with Gasteiger partial charge >= 0.3 is 0 Å². The first-order valence-corrected chi connectivity index (χ1v) is 8.37. The summed E-state index contributed by atoms with van der Waals surface area (Å²) in [6.07, 6.45) is 6.89. The summed E-state index contributed by atoms with van der Waals surface area (Å²) in [5.74, 6) is 1.54. The first kappa shape index (κ1) is 15.8. The Morgan fingerprint density at radius 3 is 2.40 bits per heavy atom. The molecule has 0 aromatic rings. The Balaban J connectivity index is 1.70. The third-order valence-electron chi connectivity index (χ3n) is 4.77. The molecule has 2 N–H and O–H groups in total. The van der Waals surface area contributed by atoms with E-state index < -0.39 is 0 Å².